The summed E-state index contributed by atoms with van der Waals surface area (Å²) in [6.45, 7) is 3.56. The third kappa shape index (κ3) is 6.04. The predicted molar refractivity (Wildman–Crippen MR) is 144 cm³/mol. The summed E-state index contributed by atoms with van der Waals surface area (Å²) in [4.78, 5) is 18.4. The van der Waals surface area contributed by atoms with Crippen LogP contribution in [0.1, 0.15) is 11.1 Å². The van der Waals surface area contributed by atoms with E-state index in [0.717, 1.165) is 36.3 Å². The van der Waals surface area contributed by atoms with Gasteiger partial charge in [-0.25, -0.2) is 21.9 Å². The van der Waals surface area contributed by atoms with Crippen LogP contribution >= 0.6 is 0 Å². The molecule has 3 heterocycles. The number of pyridine rings is 1. The van der Waals surface area contributed by atoms with Crippen molar-refractivity contribution in [1.82, 2.24) is 19.2 Å². The molecule has 4 aromatic rings. The van der Waals surface area contributed by atoms with Gasteiger partial charge in [0, 0.05) is 68.2 Å². The number of aromatic amines is 1. The Labute approximate surface area is 225 Å². The molecule has 206 valence electrons. The third-order valence-corrected chi connectivity index (χ3v) is 7.17. The highest BCUT2D eigenvalue weighted by Crippen LogP contribution is 2.39. The number of fused-ring (bicyclic) bond motifs is 1. The van der Waals surface area contributed by atoms with Crippen molar-refractivity contribution < 1.29 is 26.7 Å². The van der Waals surface area contributed by atoms with E-state index in [1.54, 1.807) is 25.4 Å². The van der Waals surface area contributed by atoms with E-state index in [-0.39, 0.29) is 17.9 Å². The van der Waals surface area contributed by atoms with Gasteiger partial charge in [-0.2, -0.15) is 0 Å². The quantitative estimate of drug-likeness (QED) is 0.273. The lowest BCUT2D eigenvalue weighted by Crippen LogP contribution is -2.35. The van der Waals surface area contributed by atoms with Crippen molar-refractivity contribution >= 4 is 21.8 Å². The Morgan fingerprint density at radius 2 is 1.85 bits per heavy atom. The van der Waals surface area contributed by atoms with Gasteiger partial charge in [0.1, 0.15) is 17.1 Å². The van der Waals surface area contributed by atoms with E-state index in [1.807, 2.05) is 12.3 Å². The van der Waals surface area contributed by atoms with Crippen molar-refractivity contribution in [2.24, 2.45) is 7.05 Å². The maximum Gasteiger partial charge on any atom is 0.274 e. The van der Waals surface area contributed by atoms with Crippen LogP contribution in [0.3, 0.4) is 0 Å². The number of thiol groups is 1. The van der Waals surface area contributed by atoms with E-state index in [0.29, 0.717) is 54.0 Å². The van der Waals surface area contributed by atoms with Gasteiger partial charge in [-0.3, -0.25) is 9.69 Å². The van der Waals surface area contributed by atoms with Crippen molar-refractivity contribution in [1.29, 1.82) is 0 Å². The summed E-state index contributed by atoms with van der Waals surface area (Å²) >= 11 is 0. The zero-order chi connectivity index (χ0) is 27.5. The number of aryl methyl sites for hydroxylation is 1. The van der Waals surface area contributed by atoms with Gasteiger partial charge in [0.2, 0.25) is 10.9 Å². The number of ether oxygens (including phenoxy) is 2. The van der Waals surface area contributed by atoms with Gasteiger partial charge in [0.05, 0.1) is 13.2 Å². The minimum Gasteiger partial charge on any atom is -0.454 e. The first kappa shape index (κ1) is 27.0. The first-order chi connectivity index (χ1) is 18.8. The third-order valence-electron chi connectivity index (χ3n) is 6.69. The second-order valence-electron chi connectivity index (χ2n) is 9.33. The van der Waals surface area contributed by atoms with Gasteiger partial charge >= 0.3 is 0 Å². The molecule has 1 fully saturated rings. The molecular formula is C27H28F2N4O5S. The number of hydrogen-bond donors (Lipinski definition) is 3. The topological polar surface area (TPSA) is 106 Å². The highest BCUT2D eigenvalue weighted by Gasteiger charge is 2.21. The molecule has 2 aromatic heterocycles. The van der Waals surface area contributed by atoms with Gasteiger partial charge in [-0.15, -0.1) is 0 Å². The molecule has 9 nitrogen and oxygen atoms in total. The van der Waals surface area contributed by atoms with E-state index in [9.17, 15) is 22.0 Å². The lowest BCUT2D eigenvalue weighted by atomic mass is 9.97. The Morgan fingerprint density at radius 1 is 1.08 bits per heavy atom. The molecule has 1 saturated heterocycles. The number of rotatable bonds is 9. The largest absolute Gasteiger partial charge is 0.454 e. The number of hydrogen-bond acceptors (Lipinski definition) is 6. The van der Waals surface area contributed by atoms with Crippen LogP contribution in [0.15, 0.2) is 53.6 Å². The SMILES string of the molecule is Cn1cc(-c2cc(CCN[SH](=O)=O)ccc2Oc2ccc(F)cc2F)c2c(CN3CCOCC3)c[nH]c2c1=O. The number of benzene rings is 2. The van der Waals surface area contributed by atoms with Gasteiger partial charge in [0.15, 0.2) is 11.6 Å². The molecule has 0 unspecified atom stereocenters. The molecular weight excluding hydrogens is 530 g/mol. The molecule has 5 rings (SSSR count). The second-order valence-corrected chi connectivity index (χ2v) is 10.2. The van der Waals surface area contributed by atoms with E-state index in [1.165, 1.54) is 10.6 Å². The summed E-state index contributed by atoms with van der Waals surface area (Å²) in [6.07, 6.45) is 3.93. The van der Waals surface area contributed by atoms with E-state index >= 15 is 0 Å². The van der Waals surface area contributed by atoms with Gasteiger partial charge in [-0.05, 0) is 41.8 Å². The molecule has 1 aliphatic rings. The van der Waals surface area contributed by atoms with Crippen LogP contribution in [0.25, 0.3) is 22.0 Å². The standard InChI is InChI=1S/C27H28F2N4O5S/c1-32-16-21(25-18(14-30-26(25)27(32)34)15-33-8-10-37-11-9-33)20-12-17(6-7-31-39(35)36)2-4-23(20)38-24-5-3-19(28)13-22(24)29/h2-5,12-14,16,30,39H,6-11,15H2,1H3,(H,31,35,36). The smallest absolute Gasteiger partial charge is 0.274 e. The fourth-order valence-electron chi connectivity index (χ4n) is 4.76. The first-order valence-corrected chi connectivity index (χ1v) is 13.6. The first-order valence-electron chi connectivity index (χ1n) is 12.4. The molecule has 39 heavy (non-hydrogen) atoms. The fraction of sp³-hybridized carbons (Fsp3) is 0.296. The Morgan fingerprint density at radius 3 is 2.59 bits per heavy atom. The van der Waals surface area contributed by atoms with E-state index in [4.69, 9.17) is 9.47 Å². The number of halogens is 2. The number of morpholine rings is 1. The van der Waals surface area contributed by atoms with Crippen molar-refractivity contribution in [3.05, 3.63) is 81.9 Å². The lowest BCUT2D eigenvalue weighted by Gasteiger charge is -2.26. The summed E-state index contributed by atoms with van der Waals surface area (Å²) in [6, 6.07) is 8.32. The highest BCUT2D eigenvalue weighted by molar-refractivity contribution is 7.70. The van der Waals surface area contributed by atoms with Crippen LogP contribution in [-0.4, -0.2) is 55.7 Å². The predicted octanol–water partition coefficient (Wildman–Crippen LogP) is 3.09. The minimum atomic E-state index is -2.74. The average Bonchev–Trinajstić information content (AvgIpc) is 3.32. The van der Waals surface area contributed by atoms with Crippen molar-refractivity contribution in [2.75, 3.05) is 32.8 Å². The van der Waals surface area contributed by atoms with Crippen molar-refractivity contribution in [3.8, 4) is 22.6 Å². The Hall–Kier alpha value is -3.58. The maximum atomic E-state index is 14.5. The zero-order valence-corrected chi connectivity index (χ0v) is 22.1. The number of aromatic nitrogens is 2. The summed E-state index contributed by atoms with van der Waals surface area (Å²) < 4.78 is 65.3. The van der Waals surface area contributed by atoms with Crippen molar-refractivity contribution in [2.45, 2.75) is 13.0 Å². The summed E-state index contributed by atoms with van der Waals surface area (Å²) in [5, 5.41) is 0.715. The second kappa shape index (κ2) is 11.7. The molecule has 0 aliphatic carbocycles. The fourth-order valence-corrected chi connectivity index (χ4v) is 5.06. The normalized spacial score (nSPS) is 14.4. The van der Waals surface area contributed by atoms with E-state index in [2.05, 4.69) is 14.6 Å². The molecule has 0 atom stereocenters. The highest BCUT2D eigenvalue weighted by atomic mass is 32.2. The zero-order valence-electron chi connectivity index (χ0n) is 21.2. The Kier molecular flexibility index (Phi) is 8.07. The number of nitrogens with one attached hydrogen (secondary N) is 2. The maximum absolute atomic E-state index is 14.5. The molecule has 0 spiro atoms. The lowest BCUT2D eigenvalue weighted by molar-refractivity contribution is 0.0344. The van der Waals surface area contributed by atoms with Gasteiger partial charge in [-0.1, -0.05) is 6.07 Å². The molecule has 2 aromatic carbocycles. The van der Waals surface area contributed by atoms with Gasteiger partial charge < -0.3 is 19.0 Å². The monoisotopic (exact) mass is 558 g/mol. The summed E-state index contributed by atoms with van der Waals surface area (Å²) in [7, 11) is -1.09. The van der Waals surface area contributed by atoms with Crippen LogP contribution in [0.5, 0.6) is 11.5 Å². The van der Waals surface area contributed by atoms with Crippen LogP contribution in [-0.2, 0) is 35.6 Å². The Balaban J connectivity index is 1.65. The molecule has 0 radical (unpaired) electrons. The molecule has 12 heteroatoms. The molecule has 0 saturated carbocycles. The summed E-state index contributed by atoms with van der Waals surface area (Å²) in [5.41, 5.74) is 3.19. The number of nitrogens with zero attached hydrogens (tertiary/aromatic N) is 2. The van der Waals surface area contributed by atoms with Crippen LogP contribution in [0, 0.1) is 11.6 Å². The van der Waals surface area contributed by atoms with Crippen LogP contribution in [0.2, 0.25) is 0 Å². The van der Waals surface area contributed by atoms with Crippen LogP contribution < -0.4 is 15.0 Å². The molecule has 0 amide bonds. The molecule has 1 aliphatic heterocycles. The Bertz CT molecular complexity index is 1640. The number of H-pyrrole nitrogens is 1. The molecule has 0 bridgehead atoms. The van der Waals surface area contributed by atoms with Gasteiger partial charge in [0.25, 0.3) is 5.56 Å². The van der Waals surface area contributed by atoms with Crippen molar-refractivity contribution in [3.63, 3.8) is 0 Å². The summed E-state index contributed by atoms with van der Waals surface area (Å²) in [5.74, 6) is -1.43. The minimum absolute atomic E-state index is 0.154. The van der Waals surface area contributed by atoms with Crippen LogP contribution in [0.4, 0.5) is 8.78 Å². The molecule has 2 N–H and O–H groups in total. The van der Waals surface area contributed by atoms with E-state index < -0.39 is 22.5 Å². The average molecular weight is 559 g/mol.